The van der Waals surface area contributed by atoms with Gasteiger partial charge >= 0.3 is 0 Å². The van der Waals surface area contributed by atoms with Gasteiger partial charge in [0.15, 0.2) is 0 Å². The first-order valence-electron chi connectivity index (χ1n) is 8.61. The number of benzene rings is 1. The van der Waals surface area contributed by atoms with Crippen LogP contribution in [0.1, 0.15) is 36.0 Å². The van der Waals surface area contributed by atoms with Gasteiger partial charge in [0.2, 0.25) is 0 Å². The summed E-state index contributed by atoms with van der Waals surface area (Å²) in [6, 6.07) is 7.57. The van der Waals surface area contributed by atoms with E-state index in [9.17, 15) is 4.79 Å². The molecule has 1 atom stereocenters. The smallest absolute Gasteiger partial charge is 0.253 e. The van der Waals surface area contributed by atoms with E-state index in [2.05, 4.69) is 20.8 Å². The van der Waals surface area contributed by atoms with Crippen LogP contribution in [-0.2, 0) is 4.74 Å². The standard InChI is InChI=1S/C18H25BrN2O2/c19-16-6-4-15(5-7-16)18(22)21-11-8-17(14-21)23-13-12-20-9-2-1-3-10-20/h4-7,17H,1-3,8-14H2/t17-/m1/s1. The monoisotopic (exact) mass is 380 g/mol. The topological polar surface area (TPSA) is 32.8 Å². The van der Waals surface area contributed by atoms with E-state index < -0.39 is 0 Å². The van der Waals surface area contributed by atoms with Gasteiger partial charge in [-0.05, 0) is 56.6 Å². The zero-order valence-electron chi connectivity index (χ0n) is 13.5. The summed E-state index contributed by atoms with van der Waals surface area (Å²) < 4.78 is 6.99. The largest absolute Gasteiger partial charge is 0.375 e. The van der Waals surface area contributed by atoms with Crippen LogP contribution in [0.3, 0.4) is 0 Å². The Morgan fingerprint density at radius 3 is 2.61 bits per heavy atom. The molecule has 2 fully saturated rings. The minimum atomic E-state index is 0.111. The molecule has 0 spiro atoms. The summed E-state index contributed by atoms with van der Waals surface area (Å²) in [5.74, 6) is 0.111. The van der Waals surface area contributed by atoms with Crippen LogP contribution < -0.4 is 0 Å². The summed E-state index contributed by atoms with van der Waals surface area (Å²) in [5, 5.41) is 0. The Bertz CT molecular complexity index is 514. The molecule has 0 unspecified atom stereocenters. The molecule has 1 amide bonds. The number of likely N-dealkylation sites (tertiary alicyclic amines) is 2. The molecule has 3 rings (SSSR count). The predicted octanol–water partition coefficient (Wildman–Crippen LogP) is 3.17. The van der Waals surface area contributed by atoms with Crippen molar-refractivity contribution in [1.29, 1.82) is 0 Å². The third-order valence-electron chi connectivity index (χ3n) is 4.73. The van der Waals surface area contributed by atoms with Crippen molar-refractivity contribution >= 4 is 21.8 Å². The van der Waals surface area contributed by atoms with Crippen molar-refractivity contribution in [2.45, 2.75) is 31.8 Å². The van der Waals surface area contributed by atoms with Crippen molar-refractivity contribution in [2.75, 3.05) is 39.3 Å². The van der Waals surface area contributed by atoms with E-state index in [-0.39, 0.29) is 12.0 Å². The fourth-order valence-corrected chi connectivity index (χ4v) is 3.62. The zero-order chi connectivity index (χ0) is 16.1. The Labute approximate surface area is 146 Å². The molecule has 1 aromatic carbocycles. The molecule has 23 heavy (non-hydrogen) atoms. The van der Waals surface area contributed by atoms with E-state index in [0.29, 0.717) is 0 Å². The lowest BCUT2D eigenvalue weighted by Crippen LogP contribution is -2.34. The first-order chi connectivity index (χ1) is 11.2. The average Bonchev–Trinajstić information content (AvgIpc) is 3.05. The number of carbonyl (C=O) groups excluding carboxylic acids is 1. The van der Waals surface area contributed by atoms with E-state index in [0.717, 1.165) is 42.7 Å². The zero-order valence-corrected chi connectivity index (χ0v) is 15.1. The molecule has 2 saturated heterocycles. The van der Waals surface area contributed by atoms with E-state index in [1.807, 2.05) is 29.2 Å². The minimum absolute atomic E-state index is 0.111. The Balaban J connectivity index is 1.41. The van der Waals surface area contributed by atoms with Gasteiger partial charge in [-0.2, -0.15) is 0 Å². The fourth-order valence-electron chi connectivity index (χ4n) is 3.36. The molecule has 0 aromatic heterocycles. The number of ether oxygens (including phenoxy) is 1. The third kappa shape index (κ3) is 4.78. The minimum Gasteiger partial charge on any atom is -0.375 e. The van der Waals surface area contributed by atoms with Gasteiger partial charge < -0.3 is 14.5 Å². The highest BCUT2D eigenvalue weighted by molar-refractivity contribution is 9.10. The summed E-state index contributed by atoms with van der Waals surface area (Å²) in [7, 11) is 0. The normalized spacial score (nSPS) is 22.5. The first-order valence-corrected chi connectivity index (χ1v) is 9.40. The van der Waals surface area contributed by atoms with Gasteiger partial charge in [-0.1, -0.05) is 22.4 Å². The van der Waals surface area contributed by atoms with Gasteiger partial charge in [0.25, 0.3) is 5.91 Å². The van der Waals surface area contributed by atoms with Crippen LogP contribution >= 0.6 is 15.9 Å². The summed E-state index contributed by atoms with van der Waals surface area (Å²) >= 11 is 3.40. The van der Waals surface area contributed by atoms with E-state index in [4.69, 9.17) is 4.74 Å². The number of piperidine rings is 1. The Hall–Kier alpha value is -0.910. The maximum atomic E-state index is 12.5. The predicted molar refractivity (Wildman–Crippen MR) is 94.7 cm³/mol. The van der Waals surface area contributed by atoms with Crippen LogP contribution in [-0.4, -0.2) is 61.1 Å². The number of hydrogen-bond acceptors (Lipinski definition) is 3. The lowest BCUT2D eigenvalue weighted by atomic mass is 10.1. The van der Waals surface area contributed by atoms with Gasteiger partial charge in [-0.15, -0.1) is 0 Å². The number of hydrogen-bond donors (Lipinski definition) is 0. The molecular weight excluding hydrogens is 356 g/mol. The van der Waals surface area contributed by atoms with Gasteiger partial charge in [-0.25, -0.2) is 0 Å². The number of halogens is 1. The Morgan fingerprint density at radius 1 is 1.13 bits per heavy atom. The molecule has 0 bridgehead atoms. The molecule has 0 aliphatic carbocycles. The first kappa shape index (κ1) is 16.9. The Kier molecular flexibility index (Phi) is 6.08. The quantitative estimate of drug-likeness (QED) is 0.786. The number of nitrogens with zero attached hydrogens (tertiary/aromatic N) is 2. The lowest BCUT2D eigenvalue weighted by Gasteiger charge is -2.26. The molecule has 2 aliphatic heterocycles. The molecule has 2 aliphatic rings. The summed E-state index contributed by atoms with van der Waals surface area (Å²) in [6.45, 7) is 5.74. The second kappa shape index (κ2) is 8.27. The van der Waals surface area contributed by atoms with E-state index in [1.54, 1.807) is 0 Å². The molecular formula is C18H25BrN2O2. The average molecular weight is 381 g/mol. The molecule has 4 nitrogen and oxygen atoms in total. The summed E-state index contributed by atoms with van der Waals surface area (Å²) in [4.78, 5) is 16.9. The van der Waals surface area contributed by atoms with Gasteiger partial charge in [-0.3, -0.25) is 4.79 Å². The Morgan fingerprint density at radius 2 is 1.87 bits per heavy atom. The van der Waals surface area contributed by atoms with Crippen molar-refractivity contribution in [3.8, 4) is 0 Å². The van der Waals surface area contributed by atoms with Crippen LogP contribution in [0.5, 0.6) is 0 Å². The molecule has 1 aromatic rings. The number of carbonyl (C=O) groups is 1. The maximum absolute atomic E-state index is 12.5. The van der Waals surface area contributed by atoms with Crippen molar-refractivity contribution in [3.63, 3.8) is 0 Å². The summed E-state index contributed by atoms with van der Waals surface area (Å²) in [6.07, 6.45) is 5.15. The van der Waals surface area contributed by atoms with Crippen molar-refractivity contribution in [1.82, 2.24) is 9.80 Å². The fraction of sp³-hybridized carbons (Fsp3) is 0.611. The highest BCUT2D eigenvalue weighted by Crippen LogP contribution is 2.18. The van der Waals surface area contributed by atoms with Crippen molar-refractivity contribution < 1.29 is 9.53 Å². The van der Waals surface area contributed by atoms with Crippen LogP contribution in [0, 0.1) is 0 Å². The second-order valence-electron chi connectivity index (χ2n) is 6.44. The number of rotatable bonds is 5. The maximum Gasteiger partial charge on any atom is 0.253 e. The molecule has 126 valence electrons. The van der Waals surface area contributed by atoms with Gasteiger partial charge in [0.05, 0.1) is 12.7 Å². The van der Waals surface area contributed by atoms with E-state index >= 15 is 0 Å². The lowest BCUT2D eigenvalue weighted by molar-refractivity contribution is 0.0379. The van der Waals surface area contributed by atoms with Crippen molar-refractivity contribution in [3.05, 3.63) is 34.3 Å². The van der Waals surface area contributed by atoms with Crippen LogP contribution in [0.4, 0.5) is 0 Å². The third-order valence-corrected chi connectivity index (χ3v) is 5.26. The van der Waals surface area contributed by atoms with Gasteiger partial charge in [0, 0.05) is 29.7 Å². The molecule has 2 heterocycles. The SMILES string of the molecule is O=C(c1ccc(Br)cc1)N1CC[C@@H](OCCN2CCCCC2)C1. The second-order valence-corrected chi connectivity index (χ2v) is 7.36. The molecule has 0 N–H and O–H groups in total. The molecule has 0 saturated carbocycles. The number of amides is 1. The van der Waals surface area contributed by atoms with Crippen LogP contribution in [0.2, 0.25) is 0 Å². The summed E-state index contributed by atoms with van der Waals surface area (Å²) in [5.41, 5.74) is 0.752. The highest BCUT2D eigenvalue weighted by atomic mass is 79.9. The van der Waals surface area contributed by atoms with Crippen LogP contribution in [0.15, 0.2) is 28.7 Å². The highest BCUT2D eigenvalue weighted by Gasteiger charge is 2.27. The molecule has 0 radical (unpaired) electrons. The van der Waals surface area contributed by atoms with E-state index in [1.165, 1.54) is 32.4 Å². The van der Waals surface area contributed by atoms with Crippen molar-refractivity contribution in [2.24, 2.45) is 0 Å². The molecule has 5 heteroatoms. The van der Waals surface area contributed by atoms with Crippen LogP contribution in [0.25, 0.3) is 0 Å². The van der Waals surface area contributed by atoms with Gasteiger partial charge in [0.1, 0.15) is 0 Å².